The highest BCUT2D eigenvalue weighted by molar-refractivity contribution is 9.10. The first-order chi connectivity index (χ1) is 13.6. The number of nitrogens with zero attached hydrogens (tertiary/aromatic N) is 1. The second-order valence-corrected chi connectivity index (χ2v) is 8.07. The van der Waals surface area contributed by atoms with Gasteiger partial charge in [-0.05, 0) is 42.7 Å². The number of aromatic amines is 1. The summed E-state index contributed by atoms with van der Waals surface area (Å²) < 4.78 is 2.51. The molecule has 0 saturated heterocycles. The van der Waals surface area contributed by atoms with Gasteiger partial charge in [0.05, 0.1) is 11.3 Å². The first-order valence-electron chi connectivity index (χ1n) is 9.32. The van der Waals surface area contributed by atoms with Crippen LogP contribution < -0.4 is 10.9 Å². The number of fused-ring (bicyclic) bond motifs is 1. The molecule has 28 heavy (non-hydrogen) atoms. The summed E-state index contributed by atoms with van der Waals surface area (Å²) in [6.45, 7) is 0. The quantitative estimate of drug-likeness (QED) is 0.622. The Morgan fingerprint density at radius 1 is 0.964 bits per heavy atom. The summed E-state index contributed by atoms with van der Waals surface area (Å²) in [6, 6.07) is 17.3. The molecular weight excluding hydrogens is 418 g/mol. The van der Waals surface area contributed by atoms with Crippen LogP contribution in [0.3, 0.4) is 0 Å². The van der Waals surface area contributed by atoms with E-state index in [1.54, 1.807) is 4.68 Å². The average Bonchev–Trinajstić information content (AvgIpc) is 3.04. The molecule has 1 aromatic heterocycles. The number of nitrogens with one attached hydrogen (secondary N) is 2. The first-order valence-corrected chi connectivity index (χ1v) is 10.1. The molecule has 1 unspecified atom stereocenters. The number of H-pyrrole nitrogens is 1. The molecule has 0 amide bonds. The van der Waals surface area contributed by atoms with Gasteiger partial charge in [-0.25, -0.2) is 4.68 Å². The lowest BCUT2D eigenvalue weighted by Crippen LogP contribution is -2.29. The van der Waals surface area contributed by atoms with E-state index < -0.39 is 0 Å². The number of ketones is 1. The first kappa shape index (κ1) is 17.3. The highest BCUT2D eigenvalue weighted by Crippen LogP contribution is 2.43. The van der Waals surface area contributed by atoms with E-state index in [9.17, 15) is 9.59 Å². The van der Waals surface area contributed by atoms with Crippen LogP contribution in [0.25, 0.3) is 5.69 Å². The van der Waals surface area contributed by atoms with Crippen molar-refractivity contribution in [1.82, 2.24) is 9.78 Å². The molecule has 2 heterocycles. The molecule has 2 N–H and O–H groups in total. The number of Topliss-reactive ketones (excluding diaryl/α,β-unsaturated/α-hetero) is 1. The Hall–Kier alpha value is -2.86. The fourth-order valence-corrected chi connectivity index (χ4v) is 4.45. The second kappa shape index (κ2) is 6.63. The van der Waals surface area contributed by atoms with Gasteiger partial charge < -0.3 is 5.32 Å². The van der Waals surface area contributed by atoms with Gasteiger partial charge in [-0.3, -0.25) is 14.7 Å². The summed E-state index contributed by atoms with van der Waals surface area (Å²) in [7, 11) is 0. The number of anilines is 1. The maximum absolute atomic E-state index is 13.4. The Morgan fingerprint density at radius 3 is 2.46 bits per heavy atom. The van der Waals surface area contributed by atoms with Crippen LogP contribution in [0.2, 0.25) is 0 Å². The number of rotatable bonds is 2. The summed E-state index contributed by atoms with van der Waals surface area (Å²) in [5.74, 6) is 0.440. The molecule has 0 bridgehead atoms. The highest BCUT2D eigenvalue weighted by Gasteiger charge is 2.38. The normalized spacial score (nSPS) is 18.5. The van der Waals surface area contributed by atoms with Crippen molar-refractivity contribution < 1.29 is 4.79 Å². The highest BCUT2D eigenvalue weighted by atomic mass is 79.9. The number of carbonyl (C=O) groups is 1. The van der Waals surface area contributed by atoms with Crippen molar-refractivity contribution in [2.24, 2.45) is 0 Å². The van der Waals surface area contributed by atoms with Gasteiger partial charge in [0.25, 0.3) is 5.56 Å². The zero-order valence-electron chi connectivity index (χ0n) is 15.0. The van der Waals surface area contributed by atoms with Gasteiger partial charge in [0.15, 0.2) is 5.78 Å². The SMILES string of the molecule is O=C1CCCC2=C1C(c1ccc(Br)cc1)c1c([nH]n(-c3ccccc3)c1=O)N2. The number of benzene rings is 2. The smallest absolute Gasteiger partial charge is 0.277 e. The van der Waals surface area contributed by atoms with Crippen molar-refractivity contribution >= 4 is 27.5 Å². The largest absolute Gasteiger partial charge is 0.343 e. The van der Waals surface area contributed by atoms with Crippen molar-refractivity contribution in [2.45, 2.75) is 25.2 Å². The average molecular weight is 436 g/mol. The number of aromatic nitrogens is 2. The Bertz CT molecular complexity index is 1160. The Kier molecular flexibility index (Phi) is 4.09. The Labute approximate surface area is 170 Å². The number of para-hydroxylation sites is 1. The van der Waals surface area contributed by atoms with Gasteiger partial charge in [0.1, 0.15) is 5.82 Å². The molecule has 1 atom stereocenters. The van der Waals surface area contributed by atoms with Crippen LogP contribution in [0.1, 0.15) is 36.3 Å². The van der Waals surface area contributed by atoms with Crippen molar-refractivity contribution in [1.29, 1.82) is 0 Å². The third-order valence-corrected chi connectivity index (χ3v) is 5.98. The molecule has 0 saturated carbocycles. The number of hydrogen-bond donors (Lipinski definition) is 2. The van der Waals surface area contributed by atoms with Gasteiger partial charge in [-0.15, -0.1) is 0 Å². The molecule has 3 aromatic rings. The number of carbonyl (C=O) groups excluding carboxylic acids is 1. The molecule has 6 heteroatoms. The maximum atomic E-state index is 13.4. The van der Waals surface area contributed by atoms with E-state index in [0.29, 0.717) is 17.8 Å². The van der Waals surface area contributed by atoms with E-state index in [0.717, 1.165) is 39.8 Å². The van der Waals surface area contributed by atoms with Crippen LogP contribution in [0.15, 0.2) is 75.1 Å². The van der Waals surface area contributed by atoms with Crippen molar-refractivity contribution in [3.63, 3.8) is 0 Å². The van der Waals surface area contributed by atoms with Crippen molar-refractivity contribution in [2.75, 3.05) is 5.32 Å². The van der Waals surface area contributed by atoms with Crippen LogP contribution in [-0.2, 0) is 4.79 Å². The lowest BCUT2D eigenvalue weighted by molar-refractivity contribution is -0.116. The van der Waals surface area contributed by atoms with Gasteiger partial charge in [0, 0.05) is 28.1 Å². The minimum Gasteiger partial charge on any atom is -0.343 e. The fraction of sp³-hybridized carbons (Fsp3) is 0.182. The van der Waals surface area contributed by atoms with E-state index in [-0.39, 0.29) is 17.3 Å². The summed E-state index contributed by atoms with van der Waals surface area (Å²) in [5.41, 5.74) is 3.84. The van der Waals surface area contributed by atoms with Gasteiger partial charge in [-0.1, -0.05) is 46.3 Å². The molecule has 140 valence electrons. The maximum Gasteiger partial charge on any atom is 0.277 e. The molecule has 0 radical (unpaired) electrons. The molecule has 2 aliphatic rings. The topological polar surface area (TPSA) is 66.9 Å². The summed E-state index contributed by atoms with van der Waals surface area (Å²) in [6.07, 6.45) is 2.17. The van der Waals surface area contributed by atoms with Crippen LogP contribution >= 0.6 is 15.9 Å². The van der Waals surface area contributed by atoms with E-state index in [1.807, 2.05) is 54.6 Å². The summed E-state index contributed by atoms with van der Waals surface area (Å²) in [5, 5.41) is 6.56. The predicted octanol–water partition coefficient (Wildman–Crippen LogP) is 4.49. The molecule has 1 aliphatic heterocycles. The molecule has 2 aromatic carbocycles. The molecule has 0 spiro atoms. The monoisotopic (exact) mass is 435 g/mol. The van der Waals surface area contributed by atoms with Gasteiger partial charge >= 0.3 is 0 Å². The van der Waals surface area contributed by atoms with E-state index in [4.69, 9.17) is 0 Å². The molecule has 1 aliphatic carbocycles. The minimum atomic E-state index is -0.360. The second-order valence-electron chi connectivity index (χ2n) is 7.16. The van der Waals surface area contributed by atoms with Crippen LogP contribution in [-0.4, -0.2) is 15.6 Å². The van der Waals surface area contributed by atoms with Crippen LogP contribution in [0.4, 0.5) is 5.82 Å². The van der Waals surface area contributed by atoms with Crippen molar-refractivity contribution in [3.05, 3.63) is 91.8 Å². The summed E-state index contributed by atoms with van der Waals surface area (Å²) in [4.78, 5) is 26.2. The fourth-order valence-electron chi connectivity index (χ4n) is 4.18. The number of halogens is 1. The van der Waals surface area contributed by atoms with Crippen LogP contribution in [0, 0.1) is 0 Å². The molecule has 5 nitrogen and oxygen atoms in total. The van der Waals surface area contributed by atoms with Crippen LogP contribution in [0.5, 0.6) is 0 Å². The summed E-state index contributed by atoms with van der Waals surface area (Å²) >= 11 is 3.47. The lowest BCUT2D eigenvalue weighted by atomic mass is 9.77. The Balaban J connectivity index is 1.75. The Morgan fingerprint density at radius 2 is 1.71 bits per heavy atom. The standard InChI is InChI=1S/C22H18BrN3O2/c23-14-11-9-13(10-12-14)18-19-16(7-4-8-17(19)27)24-21-20(18)22(28)26(25-21)15-5-2-1-3-6-15/h1-3,5-6,9-12,18,24-25H,4,7-8H2. The third kappa shape index (κ3) is 2.67. The lowest BCUT2D eigenvalue weighted by Gasteiger charge is -2.31. The molecule has 5 rings (SSSR count). The minimum absolute atomic E-state index is 0.124. The van der Waals surface area contributed by atoms with E-state index >= 15 is 0 Å². The number of hydrogen-bond acceptors (Lipinski definition) is 3. The molecule has 0 fully saturated rings. The zero-order valence-corrected chi connectivity index (χ0v) is 16.6. The van der Waals surface area contributed by atoms with Gasteiger partial charge in [-0.2, -0.15) is 0 Å². The predicted molar refractivity (Wildman–Crippen MR) is 112 cm³/mol. The number of allylic oxidation sites excluding steroid dienone is 2. The molecular formula is C22H18BrN3O2. The van der Waals surface area contributed by atoms with Gasteiger partial charge in [0.2, 0.25) is 0 Å². The zero-order chi connectivity index (χ0) is 19.3. The van der Waals surface area contributed by atoms with Crippen molar-refractivity contribution in [3.8, 4) is 5.69 Å². The van der Waals surface area contributed by atoms with E-state index in [2.05, 4.69) is 26.3 Å². The third-order valence-electron chi connectivity index (χ3n) is 5.45. The van der Waals surface area contributed by atoms with E-state index in [1.165, 1.54) is 0 Å².